The van der Waals surface area contributed by atoms with Crippen molar-refractivity contribution in [3.63, 3.8) is 0 Å². The van der Waals surface area contributed by atoms with Gasteiger partial charge in [0.2, 0.25) is 0 Å². The van der Waals surface area contributed by atoms with Crippen molar-refractivity contribution in [2.75, 3.05) is 18.0 Å². The monoisotopic (exact) mass is 325 g/mol. The maximum atomic E-state index is 9.43. The molecular formula is C17H19N5S. The molecule has 2 rings (SSSR count). The zero-order valence-corrected chi connectivity index (χ0v) is 14.0. The molecule has 4 N–H and O–H groups in total. The van der Waals surface area contributed by atoms with Gasteiger partial charge < -0.3 is 16.4 Å². The summed E-state index contributed by atoms with van der Waals surface area (Å²) >= 11 is 1.08. The van der Waals surface area contributed by atoms with Crippen LogP contribution < -0.4 is 16.4 Å². The average Bonchev–Trinajstić information content (AvgIpc) is 2.56. The topological polar surface area (TPSA) is 103 Å². The van der Waals surface area contributed by atoms with Crippen LogP contribution in [0.4, 0.5) is 5.69 Å². The van der Waals surface area contributed by atoms with E-state index < -0.39 is 5.92 Å². The predicted octanol–water partition coefficient (Wildman–Crippen LogP) is 2.75. The first kappa shape index (κ1) is 16.8. The minimum absolute atomic E-state index is 0.363. The van der Waals surface area contributed by atoms with Crippen LogP contribution in [0.2, 0.25) is 0 Å². The molecule has 0 bridgehead atoms. The van der Waals surface area contributed by atoms with Gasteiger partial charge in [-0.3, -0.25) is 0 Å². The largest absolute Gasteiger partial charge is 0.392 e. The van der Waals surface area contributed by atoms with Gasteiger partial charge in [0.1, 0.15) is 0 Å². The third-order valence-corrected chi connectivity index (χ3v) is 4.80. The number of anilines is 1. The second kappa shape index (κ2) is 7.13. The van der Waals surface area contributed by atoms with E-state index in [0.29, 0.717) is 21.2 Å². The Morgan fingerprint density at radius 2 is 1.48 bits per heavy atom. The number of benzene rings is 1. The minimum Gasteiger partial charge on any atom is -0.392 e. The molecule has 1 heterocycles. The lowest BCUT2D eigenvalue weighted by Gasteiger charge is -2.25. The van der Waals surface area contributed by atoms with Crippen LogP contribution in [0.15, 0.2) is 45.5 Å². The van der Waals surface area contributed by atoms with E-state index >= 15 is 0 Å². The molecule has 0 atom stereocenters. The van der Waals surface area contributed by atoms with Crippen LogP contribution in [0.1, 0.15) is 25.3 Å². The molecule has 0 aliphatic carbocycles. The second-order valence-electron chi connectivity index (χ2n) is 5.08. The number of rotatable bonds is 4. The molecule has 118 valence electrons. The molecule has 0 fully saturated rings. The minimum atomic E-state index is -0.489. The fourth-order valence-electron chi connectivity index (χ4n) is 2.70. The van der Waals surface area contributed by atoms with Crippen LogP contribution in [0, 0.1) is 22.7 Å². The molecule has 1 aliphatic rings. The Kier molecular flexibility index (Phi) is 5.20. The molecule has 0 unspecified atom stereocenters. The van der Waals surface area contributed by atoms with Gasteiger partial charge in [0.25, 0.3) is 0 Å². The number of thioether (sulfide) groups is 1. The quantitative estimate of drug-likeness (QED) is 0.882. The maximum Gasteiger partial charge on any atom is 0.0985 e. The van der Waals surface area contributed by atoms with E-state index in [1.54, 1.807) is 0 Å². The lowest BCUT2D eigenvalue weighted by atomic mass is 9.86. The maximum absolute atomic E-state index is 9.43. The fourth-order valence-corrected chi connectivity index (χ4v) is 3.48. The Balaban J connectivity index is 2.48. The summed E-state index contributed by atoms with van der Waals surface area (Å²) in [6.07, 6.45) is 0. The van der Waals surface area contributed by atoms with E-state index in [4.69, 9.17) is 11.5 Å². The van der Waals surface area contributed by atoms with Crippen molar-refractivity contribution < 1.29 is 0 Å². The number of nitriles is 2. The van der Waals surface area contributed by atoms with Gasteiger partial charge in [0, 0.05) is 18.8 Å². The summed E-state index contributed by atoms with van der Waals surface area (Å²) in [5.74, 6) is -0.489. The smallest absolute Gasteiger partial charge is 0.0985 e. The first-order valence-corrected chi connectivity index (χ1v) is 8.21. The number of hydrogen-bond donors (Lipinski definition) is 2. The molecule has 1 aliphatic heterocycles. The molecule has 0 saturated heterocycles. The lowest BCUT2D eigenvalue weighted by molar-refractivity contribution is 0.864. The molecule has 0 amide bonds. The molecule has 1 aromatic rings. The van der Waals surface area contributed by atoms with Crippen molar-refractivity contribution in [1.82, 2.24) is 0 Å². The summed E-state index contributed by atoms with van der Waals surface area (Å²) in [7, 11) is 0. The van der Waals surface area contributed by atoms with Crippen molar-refractivity contribution in [3.8, 4) is 12.1 Å². The normalized spacial score (nSPS) is 15.3. The standard InChI is InChI=1S/C17H19N5S/c1-3-22(4-2)12-7-5-11(6-8-12)15-13(9-18)16(20)23-17(21)14(15)10-19/h5-8,15H,3-4,20-21H2,1-2H3. The Labute approximate surface area is 140 Å². The Morgan fingerprint density at radius 3 is 1.87 bits per heavy atom. The van der Waals surface area contributed by atoms with Gasteiger partial charge in [-0.2, -0.15) is 10.5 Å². The molecule has 23 heavy (non-hydrogen) atoms. The average molecular weight is 325 g/mol. The van der Waals surface area contributed by atoms with Crippen LogP contribution in [0.25, 0.3) is 0 Å². The number of nitrogens with two attached hydrogens (primary N) is 2. The highest BCUT2D eigenvalue weighted by Gasteiger charge is 2.31. The highest BCUT2D eigenvalue weighted by atomic mass is 32.2. The second-order valence-corrected chi connectivity index (χ2v) is 6.16. The zero-order chi connectivity index (χ0) is 17.0. The first-order valence-electron chi connectivity index (χ1n) is 7.39. The Hall–Kier alpha value is -2.57. The molecule has 5 nitrogen and oxygen atoms in total. The van der Waals surface area contributed by atoms with E-state index in [1.165, 1.54) is 0 Å². The van der Waals surface area contributed by atoms with Crippen molar-refractivity contribution in [1.29, 1.82) is 10.5 Å². The van der Waals surface area contributed by atoms with Gasteiger partial charge in [-0.05, 0) is 31.5 Å². The van der Waals surface area contributed by atoms with Gasteiger partial charge in [-0.1, -0.05) is 23.9 Å². The fraction of sp³-hybridized carbons (Fsp3) is 0.294. The lowest BCUT2D eigenvalue weighted by Crippen LogP contribution is -2.22. The van der Waals surface area contributed by atoms with Gasteiger partial charge in [-0.25, -0.2) is 0 Å². The Morgan fingerprint density at radius 1 is 1.00 bits per heavy atom. The third kappa shape index (κ3) is 3.13. The molecule has 0 spiro atoms. The number of hydrogen-bond acceptors (Lipinski definition) is 6. The molecule has 0 saturated carbocycles. The Bertz CT molecular complexity index is 694. The van der Waals surface area contributed by atoms with Crippen molar-refractivity contribution in [3.05, 3.63) is 51.0 Å². The molecule has 0 aromatic heterocycles. The summed E-state index contributed by atoms with van der Waals surface area (Å²) in [5, 5.41) is 19.6. The van der Waals surface area contributed by atoms with E-state index in [0.717, 1.165) is 36.1 Å². The van der Waals surface area contributed by atoms with Gasteiger partial charge in [-0.15, -0.1) is 0 Å². The highest BCUT2D eigenvalue weighted by molar-refractivity contribution is 8.06. The van der Waals surface area contributed by atoms with Crippen LogP contribution in [0.5, 0.6) is 0 Å². The summed E-state index contributed by atoms with van der Waals surface area (Å²) in [6.45, 7) is 6.04. The molecule has 6 heteroatoms. The SMILES string of the molecule is CCN(CC)c1ccc(C2C(C#N)=C(N)SC(N)=C2C#N)cc1. The van der Waals surface area contributed by atoms with E-state index in [2.05, 4.69) is 30.9 Å². The number of allylic oxidation sites excluding steroid dienone is 2. The van der Waals surface area contributed by atoms with E-state index in [1.807, 2.05) is 24.3 Å². The van der Waals surface area contributed by atoms with Crippen LogP contribution in [-0.2, 0) is 0 Å². The summed E-state index contributed by atoms with van der Waals surface area (Å²) < 4.78 is 0. The third-order valence-electron chi connectivity index (χ3n) is 3.92. The van der Waals surface area contributed by atoms with Crippen molar-refractivity contribution in [2.24, 2.45) is 11.5 Å². The summed E-state index contributed by atoms with van der Waals surface area (Å²) in [5.41, 5.74) is 14.6. The van der Waals surface area contributed by atoms with Crippen molar-refractivity contribution >= 4 is 17.4 Å². The number of nitrogens with zero attached hydrogens (tertiary/aromatic N) is 3. The first-order chi connectivity index (χ1) is 11.1. The van der Waals surface area contributed by atoms with Crippen LogP contribution >= 0.6 is 11.8 Å². The van der Waals surface area contributed by atoms with E-state index in [9.17, 15) is 10.5 Å². The predicted molar refractivity (Wildman–Crippen MR) is 94.0 cm³/mol. The van der Waals surface area contributed by atoms with E-state index in [-0.39, 0.29) is 0 Å². The van der Waals surface area contributed by atoms with Crippen LogP contribution in [-0.4, -0.2) is 13.1 Å². The summed E-state index contributed by atoms with van der Waals surface area (Å²) in [4.78, 5) is 2.23. The van der Waals surface area contributed by atoms with Crippen LogP contribution in [0.3, 0.4) is 0 Å². The van der Waals surface area contributed by atoms with Gasteiger partial charge in [0.05, 0.1) is 39.3 Å². The summed E-state index contributed by atoms with van der Waals surface area (Å²) in [6, 6.07) is 12.1. The zero-order valence-electron chi connectivity index (χ0n) is 13.2. The highest BCUT2D eigenvalue weighted by Crippen LogP contribution is 2.42. The molecule has 1 aromatic carbocycles. The molecular weight excluding hydrogens is 306 g/mol. The van der Waals surface area contributed by atoms with Crippen molar-refractivity contribution in [2.45, 2.75) is 19.8 Å². The molecule has 0 radical (unpaired) electrons. The van der Waals surface area contributed by atoms with Gasteiger partial charge >= 0.3 is 0 Å². The van der Waals surface area contributed by atoms with Gasteiger partial charge in [0.15, 0.2) is 0 Å².